The molecule has 20 heavy (non-hydrogen) atoms. The van der Waals surface area contributed by atoms with Crippen molar-refractivity contribution < 1.29 is 4.79 Å². The summed E-state index contributed by atoms with van der Waals surface area (Å²) in [5.74, 6) is -0.310. The van der Waals surface area contributed by atoms with Gasteiger partial charge in [-0.2, -0.15) is 5.26 Å². The molecule has 5 heteroatoms. The number of carbonyl (C=O) groups is 1. The maximum Gasteiger partial charge on any atom is 0.254 e. The number of carbonyl (C=O) groups excluding carboxylic acids is 1. The van der Waals surface area contributed by atoms with Gasteiger partial charge in [-0.25, -0.2) is 0 Å². The number of nitrogens with one attached hydrogen (secondary N) is 1. The highest BCUT2D eigenvalue weighted by Crippen LogP contribution is 2.28. The lowest BCUT2D eigenvalue weighted by molar-refractivity contribution is 0.0913. The third-order valence-corrected chi connectivity index (χ3v) is 4.25. The van der Waals surface area contributed by atoms with Gasteiger partial charge in [-0.3, -0.25) is 4.79 Å². The first-order chi connectivity index (χ1) is 9.56. The van der Waals surface area contributed by atoms with Gasteiger partial charge in [0.2, 0.25) is 0 Å². The van der Waals surface area contributed by atoms with Crippen LogP contribution in [0.4, 0.5) is 0 Å². The predicted octanol–water partition coefficient (Wildman–Crippen LogP) is 4.34. The monoisotopic (exact) mass is 310 g/mol. The van der Waals surface area contributed by atoms with E-state index in [1.807, 2.05) is 0 Å². The molecule has 1 amide bonds. The number of amides is 1. The molecule has 0 spiro atoms. The van der Waals surface area contributed by atoms with Crippen LogP contribution in [0.3, 0.4) is 0 Å². The highest BCUT2D eigenvalue weighted by Gasteiger charge is 2.33. The summed E-state index contributed by atoms with van der Waals surface area (Å²) < 4.78 is 0. The van der Waals surface area contributed by atoms with Crippen molar-refractivity contribution in [1.29, 1.82) is 5.26 Å². The first kappa shape index (κ1) is 15.2. The summed E-state index contributed by atoms with van der Waals surface area (Å²) in [7, 11) is 0. The molecule has 1 saturated carbocycles. The number of benzene rings is 1. The van der Waals surface area contributed by atoms with Gasteiger partial charge in [0.25, 0.3) is 5.91 Å². The Balaban J connectivity index is 2.18. The Labute approximate surface area is 128 Å². The molecule has 1 aromatic rings. The molecule has 1 N–H and O–H groups in total. The largest absolute Gasteiger partial charge is 0.334 e. The predicted molar refractivity (Wildman–Crippen MR) is 80.0 cm³/mol. The van der Waals surface area contributed by atoms with E-state index in [4.69, 9.17) is 23.2 Å². The molecule has 0 saturated heterocycles. The molecule has 0 aromatic heterocycles. The number of hydrogen-bond acceptors (Lipinski definition) is 2. The molecule has 2 rings (SSSR count). The van der Waals surface area contributed by atoms with Crippen LogP contribution in [0.1, 0.15) is 48.9 Å². The lowest BCUT2D eigenvalue weighted by Gasteiger charge is -2.26. The second kappa shape index (κ2) is 6.47. The summed E-state index contributed by atoms with van der Waals surface area (Å²) >= 11 is 11.9. The standard InChI is InChI=1S/C15H16Cl2N2O/c16-11-5-6-12(13(17)9-11)14(20)19-15(10-18)7-3-1-2-4-8-15/h5-6,9H,1-4,7-8H2,(H,19,20). The first-order valence-corrected chi connectivity index (χ1v) is 7.51. The third-order valence-electron chi connectivity index (χ3n) is 3.70. The van der Waals surface area contributed by atoms with E-state index in [0.717, 1.165) is 25.7 Å². The fourth-order valence-electron chi connectivity index (χ4n) is 2.56. The molecule has 1 aromatic carbocycles. The van der Waals surface area contributed by atoms with Crippen molar-refractivity contribution in [2.75, 3.05) is 0 Å². The van der Waals surface area contributed by atoms with Crippen molar-refractivity contribution in [2.24, 2.45) is 0 Å². The van der Waals surface area contributed by atoms with Crippen molar-refractivity contribution >= 4 is 29.1 Å². The van der Waals surface area contributed by atoms with Crippen LogP contribution in [-0.2, 0) is 0 Å². The van der Waals surface area contributed by atoms with Gasteiger partial charge in [-0.15, -0.1) is 0 Å². The van der Waals surface area contributed by atoms with Gasteiger partial charge in [-0.1, -0.05) is 48.9 Å². The van der Waals surface area contributed by atoms with Crippen LogP contribution < -0.4 is 5.32 Å². The third kappa shape index (κ3) is 3.45. The Morgan fingerprint density at radius 3 is 2.40 bits per heavy atom. The fraction of sp³-hybridized carbons (Fsp3) is 0.467. The van der Waals surface area contributed by atoms with Crippen molar-refractivity contribution in [1.82, 2.24) is 5.32 Å². The van der Waals surface area contributed by atoms with Gasteiger partial charge in [-0.05, 0) is 31.0 Å². The molecule has 1 aliphatic rings. The van der Waals surface area contributed by atoms with E-state index in [2.05, 4.69) is 11.4 Å². The van der Waals surface area contributed by atoms with Crippen LogP contribution in [0.25, 0.3) is 0 Å². The van der Waals surface area contributed by atoms with Crippen LogP contribution in [0.2, 0.25) is 10.0 Å². The topological polar surface area (TPSA) is 52.9 Å². The maximum atomic E-state index is 12.3. The zero-order valence-corrected chi connectivity index (χ0v) is 12.6. The summed E-state index contributed by atoms with van der Waals surface area (Å²) in [5, 5.41) is 13.1. The molecule has 0 radical (unpaired) electrons. The van der Waals surface area contributed by atoms with Gasteiger partial charge in [0.1, 0.15) is 5.54 Å². The molecule has 0 bridgehead atoms. The summed E-state index contributed by atoms with van der Waals surface area (Å²) in [6.45, 7) is 0. The van der Waals surface area contributed by atoms with Crippen molar-refractivity contribution in [3.63, 3.8) is 0 Å². The van der Waals surface area contributed by atoms with Gasteiger partial charge in [0.05, 0.1) is 16.7 Å². The summed E-state index contributed by atoms with van der Waals surface area (Å²) in [6.07, 6.45) is 5.54. The Morgan fingerprint density at radius 1 is 1.20 bits per heavy atom. The lowest BCUT2D eigenvalue weighted by Crippen LogP contribution is -2.47. The second-order valence-corrected chi connectivity index (χ2v) is 6.03. The fourth-order valence-corrected chi connectivity index (χ4v) is 3.05. The zero-order chi connectivity index (χ0) is 14.6. The van der Waals surface area contributed by atoms with Gasteiger partial charge in [0, 0.05) is 5.02 Å². The second-order valence-electron chi connectivity index (χ2n) is 5.19. The molecule has 0 aliphatic heterocycles. The molecule has 0 atom stereocenters. The minimum absolute atomic E-state index is 0.303. The Kier molecular flexibility index (Phi) is 4.91. The minimum atomic E-state index is -0.767. The SMILES string of the molecule is N#CC1(NC(=O)c2ccc(Cl)cc2Cl)CCCCCC1. The maximum absolute atomic E-state index is 12.3. The zero-order valence-electron chi connectivity index (χ0n) is 11.1. The lowest BCUT2D eigenvalue weighted by atomic mass is 9.91. The first-order valence-electron chi connectivity index (χ1n) is 6.75. The van der Waals surface area contributed by atoms with Crippen molar-refractivity contribution in [3.8, 4) is 6.07 Å². The average molecular weight is 311 g/mol. The summed E-state index contributed by atoms with van der Waals surface area (Å²) in [6, 6.07) is 7.02. The molecular weight excluding hydrogens is 295 g/mol. The smallest absolute Gasteiger partial charge is 0.254 e. The van der Waals surface area contributed by atoms with Crippen LogP contribution in [-0.4, -0.2) is 11.4 Å². The van der Waals surface area contributed by atoms with Crippen molar-refractivity contribution in [2.45, 2.75) is 44.1 Å². The van der Waals surface area contributed by atoms with Crippen LogP contribution in [0.15, 0.2) is 18.2 Å². The van der Waals surface area contributed by atoms with E-state index < -0.39 is 5.54 Å². The summed E-state index contributed by atoms with van der Waals surface area (Å²) in [5.41, 5.74) is -0.411. The Bertz CT molecular complexity index is 543. The van der Waals surface area contributed by atoms with E-state index in [1.54, 1.807) is 12.1 Å². The Morgan fingerprint density at radius 2 is 1.85 bits per heavy atom. The number of rotatable bonds is 2. The number of nitrogens with zero attached hydrogens (tertiary/aromatic N) is 1. The van der Waals surface area contributed by atoms with Gasteiger partial charge >= 0.3 is 0 Å². The Hall–Kier alpha value is -1.24. The van der Waals surface area contributed by atoms with E-state index in [0.29, 0.717) is 28.5 Å². The van der Waals surface area contributed by atoms with E-state index in [-0.39, 0.29) is 5.91 Å². The normalized spacial score (nSPS) is 17.9. The van der Waals surface area contributed by atoms with Gasteiger partial charge < -0.3 is 5.32 Å². The van der Waals surface area contributed by atoms with E-state index >= 15 is 0 Å². The molecule has 3 nitrogen and oxygen atoms in total. The van der Waals surface area contributed by atoms with E-state index in [9.17, 15) is 10.1 Å². The number of hydrogen-bond donors (Lipinski definition) is 1. The van der Waals surface area contributed by atoms with Crippen LogP contribution >= 0.6 is 23.2 Å². The number of halogens is 2. The highest BCUT2D eigenvalue weighted by atomic mass is 35.5. The molecule has 1 aliphatic carbocycles. The van der Waals surface area contributed by atoms with Crippen molar-refractivity contribution in [3.05, 3.63) is 33.8 Å². The molecule has 106 valence electrons. The molecular formula is C15H16Cl2N2O. The van der Waals surface area contributed by atoms with Crippen LogP contribution in [0.5, 0.6) is 0 Å². The number of nitriles is 1. The molecule has 0 heterocycles. The molecule has 0 unspecified atom stereocenters. The minimum Gasteiger partial charge on any atom is -0.334 e. The van der Waals surface area contributed by atoms with Gasteiger partial charge in [0.15, 0.2) is 0 Å². The average Bonchev–Trinajstić information content (AvgIpc) is 2.64. The van der Waals surface area contributed by atoms with Crippen LogP contribution in [0, 0.1) is 11.3 Å². The highest BCUT2D eigenvalue weighted by molar-refractivity contribution is 6.36. The quantitative estimate of drug-likeness (QED) is 0.826. The van der Waals surface area contributed by atoms with E-state index in [1.165, 1.54) is 6.07 Å². The summed E-state index contributed by atoms with van der Waals surface area (Å²) in [4.78, 5) is 12.3. The molecule has 1 fully saturated rings.